The minimum absolute atomic E-state index is 0.395. The molecule has 0 saturated carbocycles. The quantitative estimate of drug-likeness (QED) is 0.487. The third-order valence-corrected chi connectivity index (χ3v) is 5.90. The van der Waals surface area contributed by atoms with E-state index >= 15 is 0 Å². The van der Waals surface area contributed by atoms with E-state index in [-0.39, 0.29) is 0 Å². The fourth-order valence-corrected chi connectivity index (χ4v) is 4.31. The summed E-state index contributed by atoms with van der Waals surface area (Å²) in [5.74, 6) is 0.147. The van der Waals surface area contributed by atoms with Crippen molar-refractivity contribution in [3.63, 3.8) is 0 Å². The van der Waals surface area contributed by atoms with Gasteiger partial charge in [-0.25, -0.2) is 8.78 Å². The van der Waals surface area contributed by atoms with Gasteiger partial charge in [0, 0.05) is 6.07 Å². The molecule has 0 spiro atoms. The normalized spacial score (nSPS) is 16.8. The van der Waals surface area contributed by atoms with Crippen molar-refractivity contribution in [1.29, 1.82) is 0 Å². The van der Waals surface area contributed by atoms with Gasteiger partial charge >= 0.3 is 0 Å². The number of hydrogen-bond acceptors (Lipinski definition) is 2. The Labute approximate surface area is 167 Å². The molecule has 1 fully saturated rings. The van der Waals surface area contributed by atoms with E-state index in [0.717, 1.165) is 50.5 Å². The Hall–Kier alpha value is -1.94. The number of likely N-dealkylation sites (tertiary alicyclic amines) is 1. The first-order chi connectivity index (χ1) is 13.7. The zero-order valence-electron chi connectivity index (χ0n) is 16.7. The molecule has 1 atom stereocenters. The number of piperidine rings is 1. The van der Waals surface area contributed by atoms with Crippen LogP contribution in [0.15, 0.2) is 48.5 Å². The summed E-state index contributed by atoms with van der Waals surface area (Å²) in [6, 6.07) is 14.6. The summed E-state index contributed by atoms with van der Waals surface area (Å²) in [6.07, 6.45) is 5.71. The summed E-state index contributed by atoms with van der Waals surface area (Å²) >= 11 is 0. The first-order valence-corrected chi connectivity index (χ1v) is 10.5. The average molecular weight is 388 g/mol. The van der Waals surface area contributed by atoms with E-state index in [2.05, 4.69) is 42.2 Å². The Morgan fingerprint density at radius 2 is 1.75 bits per heavy atom. The maximum absolute atomic E-state index is 13.2. The lowest BCUT2D eigenvalue weighted by atomic mass is 9.78. The van der Waals surface area contributed by atoms with Crippen LogP contribution in [0.5, 0.6) is 5.75 Å². The van der Waals surface area contributed by atoms with Crippen LogP contribution in [0.3, 0.4) is 0 Å². The molecule has 0 amide bonds. The predicted octanol–water partition coefficient (Wildman–Crippen LogP) is 6.03. The molecule has 152 valence electrons. The number of ether oxygens (including phenoxy) is 1. The number of rotatable bonds is 9. The molecule has 1 heterocycles. The van der Waals surface area contributed by atoms with Gasteiger partial charge in [0.2, 0.25) is 0 Å². The van der Waals surface area contributed by atoms with Crippen molar-refractivity contribution in [1.82, 2.24) is 4.90 Å². The summed E-state index contributed by atoms with van der Waals surface area (Å²) in [4.78, 5) is 2.55. The molecule has 0 aliphatic carbocycles. The van der Waals surface area contributed by atoms with Crippen molar-refractivity contribution in [2.24, 2.45) is 5.92 Å². The van der Waals surface area contributed by atoms with Crippen LogP contribution in [0.25, 0.3) is 0 Å². The summed E-state index contributed by atoms with van der Waals surface area (Å²) in [6.45, 7) is 6.25. The second-order valence-corrected chi connectivity index (χ2v) is 7.74. The molecule has 1 saturated heterocycles. The Morgan fingerprint density at radius 1 is 1.00 bits per heavy atom. The van der Waals surface area contributed by atoms with Crippen molar-refractivity contribution >= 4 is 0 Å². The van der Waals surface area contributed by atoms with Crippen LogP contribution >= 0.6 is 0 Å². The van der Waals surface area contributed by atoms with Gasteiger partial charge in [-0.2, -0.15) is 0 Å². The average Bonchev–Trinajstić information content (AvgIpc) is 2.73. The fraction of sp³-hybridized carbons (Fsp3) is 0.500. The lowest BCUT2D eigenvalue weighted by molar-refractivity contribution is 0.161. The standard InChI is InChI=1S/C24H31F2NO/c1-2-22(19-8-4-3-5-9-19)20-12-15-27(16-13-20)14-6-7-17-28-21-10-11-23(25)24(26)18-21/h3-5,8-11,18,20,22H,2,6-7,12-17H2,1H3. The number of benzene rings is 2. The van der Waals surface area contributed by atoms with Gasteiger partial charge in [0.05, 0.1) is 6.61 Å². The van der Waals surface area contributed by atoms with Crippen molar-refractivity contribution < 1.29 is 13.5 Å². The molecule has 2 nitrogen and oxygen atoms in total. The number of halogens is 2. The molecule has 1 aliphatic heterocycles. The monoisotopic (exact) mass is 387 g/mol. The predicted molar refractivity (Wildman–Crippen MR) is 110 cm³/mol. The first kappa shape index (κ1) is 20.8. The molecule has 0 N–H and O–H groups in total. The van der Waals surface area contributed by atoms with Crippen LogP contribution < -0.4 is 4.74 Å². The first-order valence-electron chi connectivity index (χ1n) is 10.5. The van der Waals surface area contributed by atoms with Crippen LogP contribution in [0, 0.1) is 17.6 Å². The van der Waals surface area contributed by atoms with E-state index in [4.69, 9.17) is 4.74 Å². The lowest BCUT2D eigenvalue weighted by Gasteiger charge is -2.36. The van der Waals surface area contributed by atoms with E-state index < -0.39 is 11.6 Å². The molecular formula is C24H31F2NO. The van der Waals surface area contributed by atoms with E-state index in [1.807, 2.05) is 0 Å². The number of hydrogen-bond donors (Lipinski definition) is 0. The number of nitrogens with zero attached hydrogens (tertiary/aromatic N) is 1. The number of unbranched alkanes of at least 4 members (excludes halogenated alkanes) is 1. The highest BCUT2D eigenvalue weighted by Crippen LogP contribution is 2.35. The molecule has 0 radical (unpaired) electrons. The van der Waals surface area contributed by atoms with E-state index in [0.29, 0.717) is 18.3 Å². The summed E-state index contributed by atoms with van der Waals surface area (Å²) in [5.41, 5.74) is 1.48. The maximum Gasteiger partial charge on any atom is 0.162 e. The van der Waals surface area contributed by atoms with Gasteiger partial charge in [0.25, 0.3) is 0 Å². The van der Waals surface area contributed by atoms with Gasteiger partial charge in [-0.1, -0.05) is 37.3 Å². The van der Waals surface area contributed by atoms with Gasteiger partial charge in [-0.05, 0) is 81.3 Å². The lowest BCUT2D eigenvalue weighted by Crippen LogP contribution is -2.36. The summed E-state index contributed by atoms with van der Waals surface area (Å²) in [5, 5.41) is 0. The molecule has 2 aromatic carbocycles. The molecular weight excluding hydrogens is 356 g/mol. The highest BCUT2D eigenvalue weighted by Gasteiger charge is 2.26. The zero-order valence-corrected chi connectivity index (χ0v) is 16.7. The van der Waals surface area contributed by atoms with Crippen molar-refractivity contribution in [3.8, 4) is 5.75 Å². The topological polar surface area (TPSA) is 12.5 Å². The van der Waals surface area contributed by atoms with Gasteiger partial charge in [-0.3, -0.25) is 0 Å². The Balaban J connectivity index is 1.34. The van der Waals surface area contributed by atoms with Gasteiger partial charge in [0.1, 0.15) is 5.75 Å². The van der Waals surface area contributed by atoms with E-state index in [9.17, 15) is 8.78 Å². The minimum atomic E-state index is -0.860. The van der Waals surface area contributed by atoms with Crippen LogP contribution in [-0.4, -0.2) is 31.1 Å². The Kier molecular flexibility index (Phi) is 7.84. The molecule has 0 aromatic heterocycles. The smallest absolute Gasteiger partial charge is 0.162 e. The third-order valence-electron chi connectivity index (χ3n) is 5.90. The second-order valence-electron chi connectivity index (χ2n) is 7.74. The van der Waals surface area contributed by atoms with Crippen LogP contribution in [-0.2, 0) is 0 Å². The van der Waals surface area contributed by atoms with Crippen LogP contribution in [0.2, 0.25) is 0 Å². The van der Waals surface area contributed by atoms with E-state index in [1.165, 1.54) is 30.9 Å². The van der Waals surface area contributed by atoms with E-state index in [1.54, 1.807) is 0 Å². The molecule has 1 unspecified atom stereocenters. The largest absolute Gasteiger partial charge is 0.493 e. The van der Waals surface area contributed by atoms with Crippen molar-refractivity contribution in [2.75, 3.05) is 26.2 Å². The molecule has 28 heavy (non-hydrogen) atoms. The molecule has 1 aliphatic rings. The van der Waals surface area contributed by atoms with Gasteiger partial charge in [0.15, 0.2) is 11.6 Å². The summed E-state index contributed by atoms with van der Waals surface area (Å²) < 4.78 is 31.6. The Morgan fingerprint density at radius 3 is 2.43 bits per heavy atom. The van der Waals surface area contributed by atoms with Gasteiger partial charge < -0.3 is 9.64 Å². The SMILES string of the molecule is CCC(c1ccccc1)C1CCN(CCCCOc2ccc(F)c(F)c2)CC1. The second kappa shape index (κ2) is 10.6. The third kappa shape index (κ3) is 5.78. The zero-order chi connectivity index (χ0) is 19.8. The molecule has 4 heteroatoms. The maximum atomic E-state index is 13.2. The molecule has 3 rings (SSSR count). The highest BCUT2D eigenvalue weighted by atomic mass is 19.2. The van der Waals surface area contributed by atoms with Crippen LogP contribution in [0.4, 0.5) is 8.78 Å². The summed E-state index contributed by atoms with van der Waals surface area (Å²) in [7, 11) is 0. The minimum Gasteiger partial charge on any atom is -0.493 e. The van der Waals surface area contributed by atoms with Crippen molar-refractivity contribution in [2.45, 2.75) is 44.9 Å². The van der Waals surface area contributed by atoms with Gasteiger partial charge in [-0.15, -0.1) is 0 Å². The molecule has 0 bridgehead atoms. The molecule has 2 aromatic rings. The van der Waals surface area contributed by atoms with Crippen molar-refractivity contribution in [3.05, 3.63) is 65.7 Å². The highest BCUT2D eigenvalue weighted by molar-refractivity contribution is 5.23. The fourth-order valence-electron chi connectivity index (χ4n) is 4.31. The van der Waals surface area contributed by atoms with Crippen LogP contribution in [0.1, 0.15) is 50.5 Å². The Bertz CT molecular complexity index is 714.